The average molecular weight is 265 g/mol. The van der Waals surface area contributed by atoms with Gasteiger partial charge in [0.2, 0.25) is 0 Å². The topological polar surface area (TPSA) is 81.0 Å². The van der Waals surface area contributed by atoms with Crippen LogP contribution in [0.15, 0.2) is 36.5 Å². The first kappa shape index (κ1) is 12.3. The molecule has 0 aliphatic carbocycles. The maximum absolute atomic E-state index is 10.8. The summed E-state index contributed by atoms with van der Waals surface area (Å²) in [6.07, 6.45) is 1.56. The van der Waals surface area contributed by atoms with Crippen molar-refractivity contribution in [1.82, 2.24) is 10.2 Å². The fraction of sp³-hybridized carbons (Fsp3) is 0.0909. The van der Waals surface area contributed by atoms with Crippen LogP contribution >= 0.6 is 11.6 Å². The lowest BCUT2D eigenvalue weighted by molar-refractivity contribution is -0.384. The third-order valence-corrected chi connectivity index (χ3v) is 2.48. The molecule has 0 aliphatic heterocycles. The van der Waals surface area contributed by atoms with E-state index in [0.717, 1.165) is 0 Å². The van der Waals surface area contributed by atoms with Crippen LogP contribution in [0.1, 0.15) is 5.69 Å². The maximum Gasteiger partial charge on any atom is 0.292 e. The van der Waals surface area contributed by atoms with Gasteiger partial charge in [-0.05, 0) is 24.3 Å². The van der Waals surface area contributed by atoms with Gasteiger partial charge in [-0.1, -0.05) is 11.6 Å². The third kappa shape index (κ3) is 2.92. The number of nitro benzene ring substituents is 1. The Morgan fingerprint density at radius 2 is 2.22 bits per heavy atom. The molecule has 7 heteroatoms. The molecule has 2 aromatic rings. The van der Waals surface area contributed by atoms with Gasteiger partial charge in [0.15, 0.2) is 0 Å². The molecule has 0 spiro atoms. The molecule has 0 saturated carbocycles. The predicted molar refractivity (Wildman–Crippen MR) is 67.5 cm³/mol. The van der Waals surface area contributed by atoms with Crippen LogP contribution in [0.2, 0.25) is 5.02 Å². The molecule has 0 amide bonds. The second-order valence-corrected chi connectivity index (χ2v) is 3.92. The van der Waals surface area contributed by atoms with Crippen molar-refractivity contribution in [2.45, 2.75) is 6.54 Å². The van der Waals surface area contributed by atoms with Crippen LogP contribution in [-0.2, 0) is 6.54 Å². The Bertz CT molecular complexity index is 562. The lowest BCUT2D eigenvalue weighted by atomic mass is 10.2. The number of rotatable bonds is 4. The van der Waals surface area contributed by atoms with Crippen LogP contribution in [0.5, 0.6) is 0 Å². The van der Waals surface area contributed by atoms with E-state index in [4.69, 9.17) is 11.6 Å². The lowest BCUT2D eigenvalue weighted by Crippen LogP contribution is -2.04. The van der Waals surface area contributed by atoms with Crippen molar-refractivity contribution >= 4 is 23.0 Å². The van der Waals surface area contributed by atoms with Crippen LogP contribution in [0, 0.1) is 10.1 Å². The highest BCUT2D eigenvalue weighted by atomic mass is 35.5. The highest BCUT2D eigenvalue weighted by Crippen LogP contribution is 2.27. The molecular weight excluding hydrogens is 256 g/mol. The highest BCUT2D eigenvalue weighted by Gasteiger charge is 2.13. The Morgan fingerprint density at radius 1 is 1.39 bits per heavy atom. The SMILES string of the molecule is O=[N+]([O-])c1ccc(Cl)cc1NCc1cccnn1. The molecule has 0 radical (unpaired) electrons. The Morgan fingerprint density at radius 3 is 2.89 bits per heavy atom. The van der Waals surface area contributed by atoms with E-state index in [2.05, 4.69) is 15.5 Å². The second kappa shape index (κ2) is 5.42. The van der Waals surface area contributed by atoms with Gasteiger partial charge in [-0.15, -0.1) is 0 Å². The molecule has 6 nitrogen and oxygen atoms in total. The standard InChI is InChI=1S/C11H9ClN4O2/c12-8-3-4-11(16(17)18)10(6-8)13-7-9-2-1-5-14-15-9/h1-6,13H,7H2. The van der Waals surface area contributed by atoms with Crippen LogP contribution in [-0.4, -0.2) is 15.1 Å². The largest absolute Gasteiger partial charge is 0.374 e. The fourth-order valence-corrected chi connectivity index (χ4v) is 1.59. The second-order valence-electron chi connectivity index (χ2n) is 3.49. The van der Waals surface area contributed by atoms with E-state index in [1.807, 2.05) is 0 Å². The van der Waals surface area contributed by atoms with Crippen molar-refractivity contribution in [3.8, 4) is 0 Å². The molecule has 1 heterocycles. The summed E-state index contributed by atoms with van der Waals surface area (Å²) in [5.74, 6) is 0. The van der Waals surface area contributed by atoms with E-state index in [0.29, 0.717) is 22.9 Å². The summed E-state index contributed by atoms with van der Waals surface area (Å²) in [6, 6.07) is 7.87. The summed E-state index contributed by atoms with van der Waals surface area (Å²) in [5, 5.41) is 21.8. The van der Waals surface area contributed by atoms with Gasteiger partial charge < -0.3 is 5.32 Å². The van der Waals surface area contributed by atoms with Crippen LogP contribution < -0.4 is 5.32 Å². The van der Waals surface area contributed by atoms with E-state index < -0.39 is 4.92 Å². The number of halogens is 1. The van der Waals surface area contributed by atoms with Crippen molar-refractivity contribution < 1.29 is 4.92 Å². The highest BCUT2D eigenvalue weighted by molar-refractivity contribution is 6.31. The van der Waals surface area contributed by atoms with E-state index in [9.17, 15) is 10.1 Å². The monoisotopic (exact) mass is 264 g/mol. The van der Waals surface area contributed by atoms with Gasteiger partial charge >= 0.3 is 0 Å². The molecule has 0 bridgehead atoms. The number of benzene rings is 1. The summed E-state index contributed by atoms with van der Waals surface area (Å²) >= 11 is 5.81. The molecule has 0 unspecified atom stereocenters. The van der Waals surface area contributed by atoms with E-state index in [-0.39, 0.29) is 5.69 Å². The summed E-state index contributed by atoms with van der Waals surface area (Å²) in [6.45, 7) is 0.342. The summed E-state index contributed by atoms with van der Waals surface area (Å²) in [5.41, 5.74) is 1.02. The van der Waals surface area contributed by atoms with Crippen LogP contribution in [0.25, 0.3) is 0 Å². The lowest BCUT2D eigenvalue weighted by Gasteiger charge is -2.06. The number of nitro groups is 1. The first-order valence-electron chi connectivity index (χ1n) is 5.11. The molecular formula is C11H9ClN4O2. The fourth-order valence-electron chi connectivity index (χ4n) is 1.42. The number of anilines is 1. The molecule has 0 fully saturated rings. The Labute approximate surface area is 108 Å². The summed E-state index contributed by atoms with van der Waals surface area (Å²) in [7, 11) is 0. The van der Waals surface area contributed by atoms with Gasteiger partial charge in [-0.25, -0.2) is 0 Å². The normalized spacial score (nSPS) is 10.1. The molecule has 0 atom stereocenters. The van der Waals surface area contributed by atoms with Gasteiger partial charge in [0.05, 0.1) is 17.2 Å². The molecule has 1 aromatic carbocycles. The average Bonchev–Trinajstić information content (AvgIpc) is 2.37. The Balaban J connectivity index is 2.18. The minimum Gasteiger partial charge on any atom is -0.374 e. The molecule has 0 saturated heterocycles. The smallest absolute Gasteiger partial charge is 0.292 e. The zero-order chi connectivity index (χ0) is 13.0. The minimum absolute atomic E-state index is 0.0247. The van der Waals surface area contributed by atoms with Gasteiger partial charge in [0.25, 0.3) is 5.69 Å². The van der Waals surface area contributed by atoms with E-state index in [1.54, 1.807) is 18.3 Å². The Kier molecular flexibility index (Phi) is 3.69. The number of hydrogen-bond acceptors (Lipinski definition) is 5. The van der Waals surface area contributed by atoms with Crippen LogP contribution in [0.4, 0.5) is 11.4 Å². The minimum atomic E-state index is -0.463. The number of nitrogens with zero attached hydrogens (tertiary/aromatic N) is 3. The van der Waals surface area contributed by atoms with Crippen molar-refractivity contribution in [2.24, 2.45) is 0 Å². The molecule has 1 N–H and O–H groups in total. The van der Waals surface area contributed by atoms with Crippen molar-refractivity contribution in [2.75, 3.05) is 5.32 Å². The first-order chi connectivity index (χ1) is 8.66. The first-order valence-corrected chi connectivity index (χ1v) is 5.49. The molecule has 0 aliphatic rings. The number of hydrogen-bond donors (Lipinski definition) is 1. The molecule has 1 aromatic heterocycles. The van der Waals surface area contributed by atoms with Crippen molar-refractivity contribution in [3.05, 3.63) is 57.4 Å². The number of nitrogens with one attached hydrogen (secondary N) is 1. The molecule has 18 heavy (non-hydrogen) atoms. The van der Waals surface area contributed by atoms with Gasteiger partial charge in [-0.3, -0.25) is 10.1 Å². The third-order valence-electron chi connectivity index (χ3n) is 2.24. The predicted octanol–water partition coefficient (Wildman–Crippen LogP) is 2.65. The summed E-state index contributed by atoms with van der Waals surface area (Å²) in [4.78, 5) is 10.4. The molecule has 2 rings (SSSR count). The van der Waals surface area contributed by atoms with Gasteiger partial charge in [0, 0.05) is 17.3 Å². The number of aromatic nitrogens is 2. The van der Waals surface area contributed by atoms with Crippen LogP contribution in [0.3, 0.4) is 0 Å². The van der Waals surface area contributed by atoms with Crippen molar-refractivity contribution in [3.63, 3.8) is 0 Å². The maximum atomic E-state index is 10.8. The Hall–Kier alpha value is -2.21. The zero-order valence-electron chi connectivity index (χ0n) is 9.21. The summed E-state index contributed by atoms with van der Waals surface area (Å²) < 4.78 is 0. The van der Waals surface area contributed by atoms with Gasteiger partial charge in [-0.2, -0.15) is 10.2 Å². The zero-order valence-corrected chi connectivity index (χ0v) is 9.96. The van der Waals surface area contributed by atoms with Gasteiger partial charge in [0.1, 0.15) is 5.69 Å². The quantitative estimate of drug-likeness (QED) is 0.678. The van der Waals surface area contributed by atoms with E-state index >= 15 is 0 Å². The van der Waals surface area contributed by atoms with E-state index in [1.165, 1.54) is 18.2 Å². The molecule has 92 valence electrons. The van der Waals surface area contributed by atoms with Crippen molar-refractivity contribution in [1.29, 1.82) is 0 Å².